The third-order valence-electron chi connectivity index (χ3n) is 2.35. The molecule has 0 radical (unpaired) electrons. The van der Waals surface area contributed by atoms with Crippen LogP contribution in [0.1, 0.15) is 11.6 Å². The molecule has 1 heterocycles. The second-order valence-corrected chi connectivity index (χ2v) is 3.58. The first kappa shape index (κ1) is 14.2. The first-order valence-electron chi connectivity index (χ1n) is 5.27. The van der Waals surface area contributed by atoms with Crippen LogP contribution in [0.4, 0.5) is 4.79 Å². The van der Waals surface area contributed by atoms with E-state index in [0.717, 1.165) is 5.56 Å². The molecule has 3 rings (SSSR count). The predicted molar refractivity (Wildman–Crippen MR) is 63.5 cm³/mol. The first-order chi connectivity index (χ1) is 8.27. The van der Waals surface area contributed by atoms with Crippen molar-refractivity contribution in [2.45, 2.75) is 6.04 Å². The van der Waals surface area contributed by atoms with E-state index in [1.807, 2.05) is 42.5 Å². The van der Waals surface area contributed by atoms with Gasteiger partial charge in [0, 0.05) is 0 Å². The molecule has 2 aromatic carbocycles. The van der Waals surface area contributed by atoms with Crippen LogP contribution in [0.25, 0.3) is 0 Å². The van der Waals surface area contributed by atoms with Crippen molar-refractivity contribution >= 4 is 11.9 Å². The van der Waals surface area contributed by atoms with Crippen LogP contribution in [0.2, 0.25) is 0 Å². The van der Waals surface area contributed by atoms with Gasteiger partial charge in [-0.3, -0.25) is 10.1 Å². The standard InChI is InChI=1S/C8H7N2O2.C5H5.Fe/c11-7-6(9-8(12)10-7)5-3-1-2-4-5;1-2-4-5-3-1;/h1-4,6H,(H2,9,10,11,12);1-5H;/q2*-1;+2. The largest absolute Gasteiger partial charge is 2.00 e. The molecule has 18 heavy (non-hydrogen) atoms. The van der Waals surface area contributed by atoms with Gasteiger partial charge >= 0.3 is 23.1 Å². The normalized spacial score (nSPS) is 17.0. The molecular weight excluding hydrogens is 272 g/mol. The predicted octanol–water partition coefficient (Wildman–Crippen LogP) is 1.69. The van der Waals surface area contributed by atoms with Crippen molar-refractivity contribution in [2.24, 2.45) is 0 Å². The molecule has 2 aromatic rings. The van der Waals surface area contributed by atoms with Crippen molar-refractivity contribution in [1.82, 2.24) is 10.6 Å². The molecule has 0 spiro atoms. The maximum absolute atomic E-state index is 11.1. The van der Waals surface area contributed by atoms with Gasteiger partial charge in [-0.25, -0.2) is 29.1 Å². The summed E-state index contributed by atoms with van der Waals surface area (Å²) in [6.45, 7) is 0. The number of imide groups is 1. The Morgan fingerprint density at radius 1 is 1.06 bits per heavy atom. The molecule has 1 aliphatic heterocycles. The molecular formula is C13H12FeN2O2. The van der Waals surface area contributed by atoms with Gasteiger partial charge in [0.05, 0.1) is 6.04 Å². The zero-order chi connectivity index (χ0) is 12.1. The van der Waals surface area contributed by atoms with Gasteiger partial charge in [-0.2, -0.15) is 30.3 Å². The van der Waals surface area contributed by atoms with E-state index in [4.69, 9.17) is 0 Å². The fourth-order valence-electron chi connectivity index (χ4n) is 1.55. The van der Waals surface area contributed by atoms with Gasteiger partial charge in [-0.1, -0.05) is 0 Å². The second-order valence-electron chi connectivity index (χ2n) is 3.58. The minimum atomic E-state index is -0.507. The number of nitrogens with one attached hydrogen (secondary N) is 2. The van der Waals surface area contributed by atoms with E-state index in [1.54, 1.807) is 12.1 Å². The summed E-state index contributed by atoms with van der Waals surface area (Å²) in [4.78, 5) is 21.8. The van der Waals surface area contributed by atoms with E-state index in [0.29, 0.717) is 0 Å². The van der Waals surface area contributed by atoms with Crippen LogP contribution >= 0.6 is 0 Å². The fourth-order valence-corrected chi connectivity index (χ4v) is 1.55. The van der Waals surface area contributed by atoms with E-state index >= 15 is 0 Å². The van der Waals surface area contributed by atoms with Gasteiger partial charge in [0.15, 0.2) is 0 Å². The van der Waals surface area contributed by atoms with Crippen LogP contribution in [0.15, 0.2) is 54.6 Å². The summed E-state index contributed by atoms with van der Waals surface area (Å²) in [7, 11) is 0. The molecule has 4 nitrogen and oxygen atoms in total. The minimum absolute atomic E-state index is 0. The molecule has 94 valence electrons. The average Bonchev–Trinajstić information content (AvgIpc) is 2.99. The summed E-state index contributed by atoms with van der Waals surface area (Å²) in [6, 6.07) is 16.3. The van der Waals surface area contributed by atoms with E-state index in [-0.39, 0.29) is 23.0 Å². The summed E-state index contributed by atoms with van der Waals surface area (Å²) in [6.07, 6.45) is 0. The van der Waals surface area contributed by atoms with Crippen molar-refractivity contribution in [1.29, 1.82) is 0 Å². The van der Waals surface area contributed by atoms with Crippen LogP contribution in [0, 0.1) is 0 Å². The monoisotopic (exact) mass is 284 g/mol. The van der Waals surface area contributed by atoms with Crippen molar-refractivity contribution in [3.8, 4) is 0 Å². The maximum Gasteiger partial charge on any atom is 2.00 e. The average molecular weight is 284 g/mol. The third-order valence-corrected chi connectivity index (χ3v) is 2.35. The molecule has 0 bridgehead atoms. The molecule has 2 N–H and O–H groups in total. The smallest absolute Gasteiger partial charge is 0.332 e. The molecule has 1 saturated heterocycles. The molecule has 3 amide bonds. The van der Waals surface area contributed by atoms with Crippen LogP contribution in [-0.2, 0) is 21.9 Å². The summed E-state index contributed by atoms with van der Waals surface area (Å²) in [5.41, 5.74) is 0.818. The van der Waals surface area contributed by atoms with Crippen LogP contribution in [-0.4, -0.2) is 11.9 Å². The van der Waals surface area contributed by atoms with Crippen LogP contribution < -0.4 is 10.6 Å². The zero-order valence-corrected chi connectivity index (χ0v) is 10.5. The molecule has 0 saturated carbocycles. The van der Waals surface area contributed by atoms with Gasteiger partial charge in [-0.05, 0) is 0 Å². The molecule has 0 aromatic heterocycles. The van der Waals surface area contributed by atoms with Gasteiger partial charge < -0.3 is 5.32 Å². The van der Waals surface area contributed by atoms with Crippen molar-refractivity contribution in [3.05, 3.63) is 60.2 Å². The Bertz CT molecular complexity index is 460. The van der Waals surface area contributed by atoms with Gasteiger partial charge in [-0.15, -0.1) is 5.56 Å². The molecule has 1 aliphatic rings. The van der Waals surface area contributed by atoms with Crippen LogP contribution in [0.5, 0.6) is 0 Å². The van der Waals surface area contributed by atoms with Crippen molar-refractivity contribution in [3.63, 3.8) is 0 Å². The van der Waals surface area contributed by atoms with Crippen molar-refractivity contribution < 1.29 is 26.7 Å². The Balaban J connectivity index is 0.000000230. The molecule has 0 aliphatic carbocycles. The third kappa shape index (κ3) is 3.58. The van der Waals surface area contributed by atoms with E-state index in [1.165, 1.54) is 0 Å². The van der Waals surface area contributed by atoms with E-state index < -0.39 is 12.1 Å². The van der Waals surface area contributed by atoms with E-state index in [9.17, 15) is 9.59 Å². The molecule has 1 unspecified atom stereocenters. The fraction of sp³-hybridized carbons (Fsp3) is 0.0769. The maximum atomic E-state index is 11.1. The number of carbonyl (C=O) groups is 2. The Hall–Kier alpha value is -1.84. The number of hydrogen-bond donors (Lipinski definition) is 2. The second kappa shape index (κ2) is 6.79. The van der Waals surface area contributed by atoms with Gasteiger partial charge in [0.25, 0.3) is 0 Å². The number of hydrogen-bond acceptors (Lipinski definition) is 2. The SMILES string of the molecule is O=C1NC(=O)C([c-]2cccc2)N1.[Fe+2].c1cc[cH-]c1. The Morgan fingerprint density at radius 3 is 2.06 bits per heavy atom. The Morgan fingerprint density at radius 2 is 1.67 bits per heavy atom. The van der Waals surface area contributed by atoms with Crippen molar-refractivity contribution in [2.75, 3.05) is 0 Å². The summed E-state index contributed by atoms with van der Waals surface area (Å²) in [5, 5.41) is 4.67. The Kier molecular flexibility index (Phi) is 5.36. The number of carbonyl (C=O) groups excluding carboxylic acids is 2. The van der Waals surface area contributed by atoms with E-state index in [2.05, 4.69) is 10.6 Å². The minimum Gasteiger partial charge on any atom is -0.332 e. The molecule has 1 atom stereocenters. The first-order valence-corrected chi connectivity index (χ1v) is 5.27. The number of rotatable bonds is 1. The summed E-state index contributed by atoms with van der Waals surface area (Å²) < 4.78 is 0. The quantitative estimate of drug-likeness (QED) is 0.475. The molecule has 5 heteroatoms. The van der Waals surface area contributed by atoms with Gasteiger partial charge in [0.1, 0.15) is 0 Å². The Labute approximate surface area is 116 Å². The van der Waals surface area contributed by atoms with Gasteiger partial charge in [0.2, 0.25) is 5.91 Å². The number of amides is 3. The summed E-state index contributed by atoms with van der Waals surface area (Å²) in [5.74, 6) is -0.286. The summed E-state index contributed by atoms with van der Waals surface area (Å²) >= 11 is 0. The zero-order valence-electron chi connectivity index (χ0n) is 9.44. The molecule has 1 fully saturated rings. The topological polar surface area (TPSA) is 58.2 Å². The van der Waals surface area contributed by atoms with Crippen LogP contribution in [0.3, 0.4) is 0 Å². The number of urea groups is 1.